The monoisotopic (exact) mass is 233 g/mol. The summed E-state index contributed by atoms with van der Waals surface area (Å²) in [5, 5.41) is 3.10. The van der Waals surface area contributed by atoms with Gasteiger partial charge in [0.2, 0.25) is 5.91 Å². The molecule has 1 aromatic carbocycles. The Bertz CT molecular complexity index is 373. The van der Waals surface area contributed by atoms with Crippen LogP contribution in [0.5, 0.6) is 0 Å². The number of hydrogen-bond donors (Lipinski definition) is 1. The van der Waals surface area contributed by atoms with Crippen LogP contribution < -0.4 is 5.32 Å². The van der Waals surface area contributed by atoms with E-state index >= 15 is 0 Å². The van der Waals surface area contributed by atoms with Crippen molar-refractivity contribution in [1.82, 2.24) is 5.32 Å². The molecule has 2 heteroatoms. The van der Waals surface area contributed by atoms with Crippen molar-refractivity contribution in [2.75, 3.05) is 0 Å². The van der Waals surface area contributed by atoms with E-state index < -0.39 is 0 Å². The van der Waals surface area contributed by atoms with E-state index in [1.807, 2.05) is 20.8 Å². The first kappa shape index (κ1) is 13.8. The van der Waals surface area contributed by atoms with Gasteiger partial charge >= 0.3 is 0 Å². The first-order chi connectivity index (χ1) is 7.84. The Hall–Kier alpha value is -1.31. The number of hydrogen-bond acceptors (Lipinski definition) is 1. The van der Waals surface area contributed by atoms with Crippen molar-refractivity contribution in [3.05, 3.63) is 35.4 Å². The molecule has 0 spiro atoms. The molecule has 0 saturated carbocycles. The summed E-state index contributed by atoms with van der Waals surface area (Å²) in [5.74, 6) is 0.102. The summed E-state index contributed by atoms with van der Waals surface area (Å²) in [6, 6.07) is 8.46. The number of carbonyl (C=O) groups excluding carboxylic acids is 1. The van der Waals surface area contributed by atoms with Crippen LogP contribution >= 0.6 is 0 Å². The van der Waals surface area contributed by atoms with Crippen molar-refractivity contribution in [1.29, 1.82) is 0 Å². The van der Waals surface area contributed by atoms with Crippen molar-refractivity contribution >= 4 is 5.91 Å². The van der Waals surface area contributed by atoms with Gasteiger partial charge in [0.15, 0.2) is 0 Å². The summed E-state index contributed by atoms with van der Waals surface area (Å²) in [5.41, 5.74) is 2.08. The Balaban J connectivity index is 2.79. The first-order valence-corrected chi connectivity index (χ1v) is 6.22. The molecule has 1 N–H and O–H groups in total. The molecule has 2 nitrogen and oxygen atoms in total. The molecule has 1 atom stereocenters. The van der Waals surface area contributed by atoms with Gasteiger partial charge in [-0.1, -0.05) is 57.5 Å². The van der Waals surface area contributed by atoms with Gasteiger partial charge in [0.1, 0.15) is 0 Å². The summed E-state index contributed by atoms with van der Waals surface area (Å²) in [6.07, 6.45) is 0.908. The van der Waals surface area contributed by atoms with E-state index in [1.165, 1.54) is 11.1 Å². The molecule has 94 valence electrons. The predicted octanol–water partition coefficient (Wildman–Crippen LogP) is 3.61. The number of amides is 1. The molecule has 0 unspecified atom stereocenters. The Morgan fingerprint density at radius 2 is 1.76 bits per heavy atom. The van der Waals surface area contributed by atoms with Gasteiger partial charge in [0.05, 0.1) is 6.04 Å². The molecule has 0 heterocycles. The van der Waals surface area contributed by atoms with Crippen LogP contribution in [-0.4, -0.2) is 5.91 Å². The van der Waals surface area contributed by atoms with E-state index in [4.69, 9.17) is 0 Å². The van der Waals surface area contributed by atoms with Gasteiger partial charge in [-0.3, -0.25) is 4.79 Å². The fourth-order valence-electron chi connectivity index (χ4n) is 1.59. The van der Waals surface area contributed by atoms with Crippen LogP contribution in [0.1, 0.15) is 51.3 Å². The zero-order chi connectivity index (χ0) is 13.1. The lowest BCUT2D eigenvalue weighted by atomic mass is 9.94. The topological polar surface area (TPSA) is 29.1 Å². The molecule has 0 aliphatic heterocycles. The number of benzene rings is 1. The molecule has 0 bridgehead atoms. The highest BCUT2D eigenvalue weighted by Crippen LogP contribution is 2.20. The van der Waals surface area contributed by atoms with Crippen molar-refractivity contribution in [2.45, 2.75) is 47.1 Å². The van der Waals surface area contributed by atoms with E-state index in [2.05, 4.69) is 43.4 Å². The Kier molecular flexibility index (Phi) is 4.33. The van der Waals surface area contributed by atoms with Gasteiger partial charge in [-0.05, 0) is 18.9 Å². The maximum atomic E-state index is 12.0. The molecule has 0 aliphatic rings. The fraction of sp³-hybridized carbons (Fsp3) is 0.533. The molecular weight excluding hydrogens is 210 g/mol. The van der Waals surface area contributed by atoms with E-state index in [9.17, 15) is 4.79 Å². The largest absolute Gasteiger partial charge is 0.349 e. The fourth-order valence-corrected chi connectivity index (χ4v) is 1.59. The Morgan fingerprint density at radius 3 is 2.18 bits per heavy atom. The van der Waals surface area contributed by atoms with E-state index in [1.54, 1.807) is 0 Å². The second-order valence-corrected chi connectivity index (χ2v) is 5.59. The standard InChI is InChI=1S/C15H23NO/c1-6-13(16-14(17)15(3,4)5)12-9-7-11(2)8-10-12/h7-10,13H,6H2,1-5H3,(H,16,17)/t13-/m1/s1. The SMILES string of the molecule is CC[C@@H](NC(=O)C(C)(C)C)c1ccc(C)cc1. The minimum Gasteiger partial charge on any atom is -0.349 e. The first-order valence-electron chi connectivity index (χ1n) is 6.22. The number of carbonyl (C=O) groups is 1. The lowest BCUT2D eigenvalue weighted by Crippen LogP contribution is -2.37. The van der Waals surface area contributed by atoms with Crippen LogP contribution in [0, 0.1) is 12.3 Å². The molecule has 0 radical (unpaired) electrons. The van der Waals surface area contributed by atoms with Crippen molar-refractivity contribution < 1.29 is 4.79 Å². The number of rotatable bonds is 3. The molecular formula is C15H23NO. The van der Waals surface area contributed by atoms with Crippen molar-refractivity contribution in [3.63, 3.8) is 0 Å². The second kappa shape index (κ2) is 5.35. The average Bonchev–Trinajstić information content (AvgIpc) is 2.25. The van der Waals surface area contributed by atoms with Crippen molar-refractivity contribution in [2.24, 2.45) is 5.41 Å². The minimum absolute atomic E-state index is 0.102. The van der Waals surface area contributed by atoms with Crippen LogP contribution in [0.15, 0.2) is 24.3 Å². The zero-order valence-electron chi connectivity index (χ0n) is 11.5. The van der Waals surface area contributed by atoms with Gasteiger partial charge in [-0.15, -0.1) is 0 Å². The minimum atomic E-state index is -0.335. The highest BCUT2D eigenvalue weighted by molar-refractivity contribution is 5.81. The van der Waals surface area contributed by atoms with E-state index in [0.717, 1.165) is 6.42 Å². The van der Waals surface area contributed by atoms with Crippen molar-refractivity contribution in [3.8, 4) is 0 Å². The third-order valence-electron chi connectivity index (χ3n) is 2.87. The molecule has 0 fully saturated rings. The maximum Gasteiger partial charge on any atom is 0.225 e. The highest BCUT2D eigenvalue weighted by Gasteiger charge is 2.23. The molecule has 0 aromatic heterocycles. The average molecular weight is 233 g/mol. The summed E-state index contributed by atoms with van der Waals surface area (Å²) in [6.45, 7) is 9.96. The van der Waals surface area contributed by atoms with Gasteiger partial charge < -0.3 is 5.32 Å². The Labute approximate surface area is 104 Å². The number of nitrogens with one attached hydrogen (secondary N) is 1. The maximum absolute atomic E-state index is 12.0. The van der Waals surface area contributed by atoms with Gasteiger partial charge in [-0.25, -0.2) is 0 Å². The molecule has 1 amide bonds. The lowest BCUT2D eigenvalue weighted by molar-refractivity contribution is -0.129. The van der Waals surface area contributed by atoms with Crippen LogP contribution in [0.2, 0.25) is 0 Å². The highest BCUT2D eigenvalue weighted by atomic mass is 16.2. The quantitative estimate of drug-likeness (QED) is 0.849. The summed E-state index contributed by atoms with van der Waals surface area (Å²) in [4.78, 5) is 12.0. The van der Waals surface area contributed by atoms with Crippen LogP contribution in [0.3, 0.4) is 0 Å². The van der Waals surface area contributed by atoms with Crippen LogP contribution in [-0.2, 0) is 4.79 Å². The molecule has 17 heavy (non-hydrogen) atoms. The third kappa shape index (κ3) is 3.88. The smallest absolute Gasteiger partial charge is 0.225 e. The summed E-state index contributed by atoms with van der Waals surface area (Å²) in [7, 11) is 0. The Morgan fingerprint density at radius 1 is 1.24 bits per heavy atom. The van der Waals surface area contributed by atoms with E-state index in [0.29, 0.717) is 0 Å². The van der Waals surface area contributed by atoms with Crippen LogP contribution in [0.4, 0.5) is 0 Å². The van der Waals surface area contributed by atoms with Gasteiger partial charge in [0.25, 0.3) is 0 Å². The normalized spacial score (nSPS) is 13.2. The van der Waals surface area contributed by atoms with E-state index in [-0.39, 0.29) is 17.4 Å². The molecule has 1 rings (SSSR count). The second-order valence-electron chi connectivity index (χ2n) is 5.59. The molecule has 1 aromatic rings. The van der Waals surface area contributed by atoms with Gasteiger partial charge in [0, 0.05) is 5.41 Å². The summed E-state index contributed by atoms with van der Waals surface area (Å²) < 4.78 is 0. The van der Waals surface area contributed by atoms with Gasteiger partial charge in [-0.2, -0.15) is 0 Å². The summed E-state index contributed by atoms with van der Waals surface area (Å²) >= 11 is 0. The number of aryl methyl sites for hydroxylation is 1. The third-order valence-corrected chi connectivity index (χ3v) is 2.87. The zero-order valence-corrected chi connectivity index (χ0v) is 11.5. The predicted molar refractivity (Wildman–Crippen MR) is 71.8 cm³/mol. The molecule has 0 aliphatic carbocycles. The van der Waals surface area contributed by atoms with Crippen LogP contribution in [0.25, 0.3) is 0 Å². The lowest BCUT2D eigenvalue weighted by Gasteiger charge is -2.24. The molecule has 0 saturated heterocycles.